The molecular formula is C17H12BrF3N8O. The number of anilines is 3. The largest absolute Gasteiger partial charge is 0.495 e. The van der Waals surface area contributed by atoms with Crippen molar-refractivity contribution in [2.75, 3.05) is 23.9 Å². The van der Waals surface area contributed by atoms with Crippen LogP contribution >= 0.6 is 15.9 Å². The predicted molar refractivity (Wildman–Crippen MR) is 105 cm³/mol. The Hall–Kier alpha value is -3.71. The number of nitrogens with zero attached hydrogens (tertiary/aromatic N) is 4. The molecule has 9 nitrogen and oxygen atoms in total. The van der Waals surface area contributed by atoms with Crippen molar-refractivity contribution >= 4 is 39.2 Å². The summed E-state index contributed by atoms with van der Waals surface area (Å²) in [7, 11) is 1.20. The van der Waals surface area contributed by atoms with Crippen molar-refractivity contribution in [2.24, 2.45) is 4.99 Å². The number of rotatable bonds is 2. The van der Waals surface area contributed by atoms with Crippen molar-refractivity contribution in [3.8, 4) is 18.0 Å². The van der Waals surface area contributed by atoms with Gasteiger partial charge in [-0.05, 0) is 28.1 Å². The summed E-state index contributed by atoms with van der Waals surface area (Å²) in [6.07, 6.45) is -3.13. The first kappa shape index (κ1) is 21.0. The van der Waals surface area contributed by atoms with Crippen LogP contribution in [0.1, 0.15) is 28.3 Å². The maximum Gasteiger partial charge on any atom is 0.416 e. The highest BCUT2D eigenvalue weighted by atomic mass is 79.9. The molecule has 0 radical (unpaired) electrons. The van der Waals surface area contributed by atoms with Crippen LogP contribution in [-0.4, -0.2) is 18.1 Å². The number of methoxy groups -OCH3 is 1. The summed E-state index contributed by atoms with van der Waals surface area (Å²) < 4.78 is 47.0. The number of alkyl halides is 3. The molecule has 13 heteroatoms. The molecule has 1 unspecified atom stereocenters. The number of nitrogen functional groups attached to an aromatic ring is 2. The minimum atomic E-state index is -4.76. The van der Waals surface area contributed by atoms with Crippen LogP contribution in [0.2, 0.25) is 0 Å². The van der Waals surface area contributed by atoms with Gasteiger partial charge < -0.3 is 21.5 Å². The number of pyridine rings is 1. The Morgan fingerprint density at radius 3 is 2.53 bits per heavy atom. The molecule has 1 aliphatic heterocycles. The zero-order valence-electron chi connectivity index (χ0n) is 15.1. The number of guanidine groups is 1. The minimum absolute atomic E-state index is 0.00820. The van der Waals surface area contributed by atoms with Gasteiger partial charge in [0.1, 0.15) is 35.1 Å². The number of hydrogen-bond acceptors (Lipinski definition) is 9. The Labute approximate surface area is 176 Å². The third-order valence-electron chi connectivity index (χ3n) is 4.29. The lowest BCUT2D eigenvalue weighted by Gasteiger charge is -2.29. The molecule has 3 rings (SSSR count). The van der Waals surface area contributed by atoms with Crippen molar-refractivity contribution in [3.05, 3.63) is 38.9 Å². The van der Waals surface area contributed by atoms with Crippen LogP contribution in [0.3, 0.4) is 0 Å². The summed E-state index contributed by atoms with van der Waals surface area (Å²) in [6.45, 7) is 0. The zero-order chi connectivity index (χ0) is 22.2. The van der Waals surface area contributed by atoms with E-state index >= 15 is 0 Å². The maximum absolute atomic E-state index is 13.9. The Morgan fingerprint density at radius 1 is 1.27 bits per heavy atom. The van der Waals surface area contributed by atoms with Crippen LogP contribution in [0, 0.1) is 22.8 Å². The summed E-state index contributed by atoms with van der Waals surface area (Å²) in [5.41, 5.74) is 10.0. The average Bonchev–Trinajstić information content (AvgIpc) is 2.66. The number of halogens is 4. The minimum Gasteiger partial charge on any atom is -0.495 e. The molecule has 1 aliphatic rings. The third-order valence-corrected chi connectivity index (χ3v) is 4.91. The number of nitrogens with one attached hydrogen (secondary N) is 2. The fourth-order valence-electron chi connectivity index (χ4n) is 3.09. The quantitative estimate of drug-likeness (QED) is 0.377. The molecule has 1 atom stereocenters. The van der Waals surface area contributed by atoms with E-state index in [0.717, 1.165) is 6.07 Å². The maximum atomic E-state index is 13.9. The summed E-state index contributed by atoms with van der Waals surface area (Å²) >= 11 is 3.18. The van der Waals surface area contributed by atoms with E-state index < -0.39 is 17.8 Å². The molecular weight excluding hydrogens is 469 g/mol. The molecule has 1 aromatic carbocycles. The average molecular weight is 481 g/mol. The van der Waals surface area contributed by atoms with E-state index in [1.807, 2.05) is 0 Å². The van der Waals surface area contributed by atoms with Crippen LogP contribution in [0.15, 0.2) is 21.6 Å². The molecule has 2 heterocycles. The molecule has 0 saturated carbocycles. The first-order chi connectivity index (χ1) is 14.1. The Balaban J connectivity index is 2.44. The number of fused-ring (bicyclic) bond motifs is 1. The fourth-order valence-corrected chi connectivity index (χ4v) is 3.60. The molecule has 6 N–H and O–H groups in total. The number of benzene rings is 1. The van der Waals surface area contributed by atoms with Crippen LogP contribution in [0.5, 0.6) is 5.75 Å². The molecule has 0 bridgehead atoms. The van der Waals surface area contributed by atoms with Gasteiger partial charge >= 0.3 is 6.18 Å². The van der Waals surface area contributed by atoms with E-state index in [9.17, 15) is 18.4 Å². The van der Waals surface area contributed by atoms with E-state index in [2.05, 4.69) is 36.5 Å². The number of hydrogen-bond donors (Lipinski definition) is 4. The van der Waals surface area contributed by atoms with Crippen LogP contribution in [-0.2, 0) is 6.18 Å². The summed E-state index contributed by atoms with van der Waals surface area (Å²) in [5.74, 6) is -0.592. The van der Waals surface area contributed by atoms with Crippen LogP contribution in [0.25, 0.3) is 0 Å². The first-order valence-electron chi connectivity index (χ1n) is 8.06. The highest BCUT2D eigenvalue weighted by Crippen LogP contribution is 2.49. The molecule has 30 heavy (non-hydrogen) atoms. The van der Waals surface area contributed by atoms with E-state index in [-0.39, 0.29) is 50.2 Å². The lowest BCUT2D eigenvalue weighted by Crippen LogP contribution is -2.33. The number of nitriles is 2. The van der Waals surface area contributed by atoms with Gasteiger partial charge in [0.05, 0.1) is 22.8 Å². The van der Waals surface area contributed by atoms with Crippen molar-refractivity contribution in [1.29, 1.82) is 10.5 Å². The van der Waals surface area contributed by atoms with Crippen molar-refractivity contribution < 1.29 is 17.9 Å². The number of aliphatic imine (C=N–C) groups is 1. The normalized spacial score (nSPS) is 15.2. The highest BCUT2D eigenvalue weighted by molar-refractivity contribution is 9.10. The van der Waals surface area contributed by atoms with E-state index in [1.165, 1.54) is 13.2 Å². The lowest BCUT2D eigenvalue weighted by atomic mass is 9.91. The van der Waals surface area contributed by atoms with Crippen molar-refractivity contribution in [1.82, 2.24) is 10.3 Å². The summed E-state index contributed by atoms with van der Waals surface area (Å²) in [5, 5.41) is 23.2. The van der Waals surface area contributed by atoms with E-state index in [0.29, 0.717) is 0 Å². The van der Waals surface area contributed by atoms with Gasteiger partial charge in [-0.25, -0.2) is 9.98 Å². The number of nitrogens with two attached hydrogens (primary N) is 2. The molecule has 0 fully saturated rings. The Kier molecular flexibility index (Phi) is 5.33. The predicted octanol–water partition coefficient (Wildman–Crippen LogP) is 2.85. The molecule has 0 aliphatic carbocycles. The topological polar surface area (TPSA) is 158 Å². The summed E-state index contributed by atoms with van der Waals surface area (Å²) in [4.78, 5) is 8.20. The van der Waals surface area contributed by atoms with Crippen LogP contribution in [0.4, 0.5) is 30.5 Å². The fraction of sp³-hybridized carbons (Fsp3) is 0.176. The Bertz CT molecular complexity index is 1150. The smallest absolute Gasteiger partial charge is 0.416 e. The van der Waals surface area contributed by atoms with Crippen molar-refractivity contribution in [3.63, 3.8) is 0 Å². The van der Waals surface area contributed by atoms with E-state index in [1.54, 1.807) is 12.3 Å². The van der Waals surface area contributed by atoms with Crippen molar-refractivity contribution in [2.45, 2.75) is 12.2 Å². The highest BCUT2D eigenvalue weighted by Gasteiger charge is 2.41. The van der Waals surface area contributed by atoms with E-state index in [4.69, 9.17) is 21.5 Å². The van der Waals surface area contributed by atoms with Gasteiger partial charge in [-0.15, -0.1) is 0 Å². The van der Waals surface area contributed by atoms with Gasteiger partial charge in [-0.2, -0.15) is 23.7 Å². The summed E-state index contributed by atoms with van der Waals surface area (Å²) in [6, 6.07) is 2.43. The second-order valence-corrected chi connectivity index (χ2v) is 6.80. The SMILES string of the molecule is COc1c(Br)ccc(C(F)(F)F)c1C1N=C(NC#N)Nc2nc(N)c(C#N)c(N)c21. The van der Waals surface area contributed by atoms with Gasteiger partial charge in [0.15, 0.2) is 6.19 Å². The second-order valence-electron chi connectivity index (χ2n) is 5.94. The molecule has 2 aromatic rings. The van der Waals surface area contributed by atoms with Crippen LogP contribution < -0.4 is 26.8 Å². The second kappa shape index (κ2) is 7.61. The number of aromatic nitrogens is 1. The monoisotopic (exact) mass is 480 g/mol. The Morgan fingerprint density at radius 2 is 1.97 bits per heavy atom. The molecule has 0 amide bonds. The molecule has 1 aromatic heterocycles. The zero-order valence-corrected chi connectivity index (χ0v) is 16.7. The third kappa shape index (κ3) is 3.40. The van der Waals surface area contributed by atoms with Gasteiger partial charge in [0.2, 0.25) is 5.96 Å². The van der Waals surface area contributed by atoms with Gasteiger partial charge in [-0.3, -0.25) is 5.32 Å². The van der Waals surface area contributed by atoms with Gasteiger partial charge in [-0.1, -0.05) is 0 Å². The molecule has 0 saturated heterocycles. The molecule has 0 spiro atoms. The lowest BCUT2D eigenvalue weighted by molar-refractivity contribution is -0.138. The molecule has 154 valence electrons. The van der Waals surface area contributed by atoms with Gasteiger partial charge in [0, 0.05) is 11.1 Å². The number of ether oxygens (including phenoxy) is 1. The standard InChI is InChI=1S/C17H12BrF3N8O/c1-30-13-8(18)3-2-7(17(19,20)21)9(13)12-10-11(24)6(4-22)14(25)28-15(10)29-16(27-12)26-5-23/h2-3,12H,1H3,(H6,24,25,26,27,28,29). The van der Waals surface area contributed by atoms with Gasteiger partial charge in [0.25, 0.3) is 0 Å². The first-order valence-corrected chi connectivity index (χ1v) is 8.85.